The van der Waals surface area contributed by atoms with Gasteiger partial charge in [0.05, 0.1) is 0 Å². The van der Waals surface area contributed by atoms with Crippen molar-refractivity contribution in [3.05, 3.63) is 52.0 Å². The van der Waals surface area contributed by atoms with Crippen LogP contribution >= 0.6 is 11.3 Å². The molecular weight excluding hydrogens is 278 g/mol. The molecular formula is C17H25N3S. The smallest absolute Gasteiger partial charge is 0.0328 e. The third kappa shape index (κ3) is 5.96. The first kappa shape index (κ1) is 16.1. The highest BCUT2D eigenvalue weighted by Gasteiger charge is 2.10. The Bertz CT molecular complexity index is 543. The van der Waals surface area contributed by atoms with E-state index in [1.54, 1.807) is 0 Å². The van der Waals surface area contributed by atoms with Crippen molar-refractivity contribution in [3.63, 3.8) is 0 Å². The van der Waals surface area contributed by atoms with Crippen molar-refractivity contribution >= 4 is 11.3 Å². The van der Waals surface area contributed by atoms with Crippen LogP contribution < -0.4 is 5.32 Å². The molecule has 0 aromatic carbocycles. The molecule has 114 valence electrons. The number of nitrogens with zero attached hydrogens (tertiary/aromatic N) is 2. The van der Waals surface area contributed by atoms with Crippen molar-refractivity contribution in [2.45, 2.75) is 45.9 Å². The lowest BCUT2D eigenvalue weighted by Gasteiger charge is -2.19. The van der Waals surface area contributed by atoms with E-state index in [0.29, 0.717) is 0 Å². The van der Waals surface area contributed by atoms with Gasteiger partial charge < -0.3 is 5.32 Å². The predicted molar refractivity (Wildman–Crippen MR) is 90.3 cm³/mol. The summed E-state index contributed by atoms with van der Waals surface area (Å²) in [6, 6.07) is 8.59. The van der Waals surface area contributed by atoms with Crippen LogP contribution in [0.2, 0.25) is 0 Å². The van der Waals surface area contributed by atoms with Gasteiger partial charge in [-0.05, 0) is 51.6 Å². The van der Waals surface area contributed by atoms with Gasteiger partial charge in [0.1, 0.15) is 0 Å². The normalized spacial score (nSPS) is 12.0. The molecule has 2 heterocycles. The number of rotatable bonds is 6. The van der Waals surface area contributed by atoms with Crippen LogP contribution in [-0.4, -0.2) is 22.5 Å². The standard InChI is InChI=1S/C17H25N3S/c1-17(2,3)19-11-15-7-8-16(21-15)13-20(4)12-14-6-5-9-18-10-14/h5-10,19H,11-13H2,1-4H3. The molecule has 1 N–H and O–H groups in total. The van der Waals surface area contributed by atoms with Crippen LogP contribution in [0.1, 0.15) is 36.1 Å². The molecule has 0 unspecified atom stereocenters. The van der Waals surface area contributed by atoms with E-state index in [0.717, 1.165) is 19.6 Å². The van der Waals surface area contributed by atoms with Gasteiger partial charge in [0, 0.05) is 47.3 Å². The average molecular weight is 303 g/mol. The highest BCUT2D eigenvalue weighted by atomic mass is 32.1. The van der Waals surface area contributed by atoms with Gasteiger partial charge in [-0.25, -0.2) is 0 Å². The second-order valence-corrected chi connectivity index (χ2v) is 7.76. The number of pyridine rings is 1. The van der Waals surface area contributed by atoms with Crippen molar-refractivity contribution < 1.29 is 0 Å². The van der Waals surface area contributed by atoms with E-state index < -0.39 is 0 Å². The molecule has 0 bridgehead atoms. The fourth-order valence-electron chi connectivity index (χ4n) is 2.08. The van der Waals surface area contributed by atoms with Gasteiger partial charge >= 0.3 is 0 Å². The Morgan fingerprint density at radius 1 is 1.14 bits per heavy atom. The molecule has 0 saturated heterocycles. The zero-order valence-electron chi connectivity index (χ0n) is 13.4. The van der Waals surface area contributed by atoms with E-state index in [2.05, 4.69) is 61.2 Å². The van der Waals surface area contributed by atoms with Crippen molar-refractivity contribution in [3.8, 4) is 0 Å². The van der Waals surface area contributed by atoms with E-state index in [1.165, 1.54) is 15.3 Å². The zero-order chi connectivity index (χ0) is 15.3. The maximum Gasteiger partial charge on any atom is 0.0328 e. The first-order valence-electron chi connectivity index (χ1n) is 7.32. The van der Waals surface area contributed by atoms with E-state index in [4.69, 9.17) is 0 Å². The van der Waals surface area contributed by atoms with Crippen LogP contribution in [0.25, 0.3) is 0 Å². The van der Waals surface area contributed by atoms with Crippen LogP contribution in [-0.2, 0) is 19.6 Å². The fraction of sp³-hybridized carbons (Fsp3) is 0.471. The maximum atomic E-state index is 4.16. The van der Waals surface area contributed by atoms with Gasteiger partial charge in [0.2, 0.25) is 0 Å². The summed E-state index contributed by atoms with van der Waals surface area (Å²) < 4.78 is 0. The van der Waals surface area contributed by atoms with Crippen LogP contribution in [0, 0.1) is 0 Å². The van der Waals surface area contributed by atoms with Crippen molar-refractivity contribution in [1.82, 2.24) is 15.2 Å². The summed E-state index contributed by atoms with van der Waals surface area (Å²) in [6.07, 6.45) is 3.75. The molecule has 2 rings (SSSR count). The van der Waals surface area contributed by atoms with Crippen LogP contribution in [0.15, 0.2) is 36.7 Å². The van der Waals surface area contributed by atoms with Gasteiger partial charge in [-0.3, -0.25) is 9.88 Å². The lowest BCUT2D eigenvalue weighted by molar-refractivity contribution is 0.321. The molecule has 0 aliphatic rings. The van der Waals surface area contributed by atoms with Crippen LogP contribution in [0.3, 0.4) is 0 Å². The fourth-order valence-corrected chi connectivity index (χ4v) is 3.12. The van der Waals surface area contributed by atoms with Gasteiger partial charge in [-0.1, -0.05) is 6.07 Å². The molecule has 2 aromatic heterocycles. The Morgan fingerprint density at radius 3 is 2.57 bits per heavy atom. The summed E-state index contributed by atoms with van der Waals surface area (Å²) in [6.45, 7) is 9.45. The zero-order valence-corrected chi connectivity index (χ0v) is 14.2. The molecule has 0 atom stereocenters. The minimum absolute atomic E-state index is 0.168. The molecule has 0 aliphatic carbocycles. The molecule has 0 spiro atoms. The van der Waals surface area contributed by atoms with Gasteiger partial charge in [-0.2, -0.15) is 0 Å². The molecule has 2 aromatic rings. The number of hydrogen-bond acceptors (Lipinski definition) is 4. The third-order valence-electron chi connectivity index (χ3n) is 3.11. The van der Waals surface area contributed by atoms with Gasteiger partial charge in [0.25, 0.3) is 0 Å². The van der Waals surface area contributed by atoms with E-state index in [-0.39, 0.29) is 5.54 Å². The summed E-state index contributed by atoms with van der Waals surface area (Å²) in [5.41, 5.74) is 1.42. The number of nitrogens with one attached hydrogen (secondary N) is 1. The average Bonchev–Trinajstić information content (AvgIpc) is 2.84. The second-order valence-electron chi connectivity index (χ2n) is 6.51. The lowest BCUT2D eigenvalue weighted by atomic mass is 10.1. The van der Waals surface area contributed by atoms with Crippen molar-refractivity contribution in [2.75, 3.05) is 7.05 Å². The van der Waals surface area contributed by atoms with Gasteiger partial charge in [-0.15, -0.1) is 11.3 Å². The quantitative estimate of drug-likeness (QED) is 0.882. The second kappa shape index (κ2) is 7.16. The van der Waals surface area contributed by atoms with Crippen LogP contribution in [0.5, 0.6) is 0 Å². The minimum atomic E-state index is 0.168. The first-order chi connectivity index (χ1) is 9.92. The topological polar surface area (TPSA) is 28.2 Å². The monoisotopic (exact) mass is 303 g/mol. The molecule has 21 heavy (non-hydrogen) atoms. The summed E-state index contributed by atoms with van der Waals surface area (Å²) in [7, 11) is 2.15. The largest absolute Gasteiger partial charge is 0.307 e. The molecule has 0 fully saturated rings. The highest BCUT2D eigenvalue weighted by molar-refractivity contribution is 7.11. The Labute approximate surface area is 132 Å². The Balaban J connectivity index is 1.84. The highest BCUT2D eigenvalue weighted by Crippen LogP contribution is 2.19. The molecule has 4 heteroatoms. The Morgan fingerprint density at radius 2 is 1.90 bits per heavy atom. The molecule has 3 nitrogen and oxygen atoms in total. The maximum absolute atomic E-state index is 4.16. The molecule has 0 aliphatic heterocycles. The van der Waals surface area contributed by atoms with Crippen molar-refractivity contribution in [1.29, 1.82) is 0 Å². The number of aromatic nitrogens is 1. The van der Waals surface area contributed by atoms with Crippen molar-refractivity contribution in [2.24, 2.45) is 0 Å². The Kier molecular flexibility index (Phi) is 5.51. The molecule has 0 saturated carbocycles. The lowest BCUT2D eigenvalue weighted by Crippen LogP contribution is -2.34. The van der Waals surface area contributed by atoms with Gasteiger partial charge in [0.15, 0.2) is 0 Å². The summed E-state index contributed by atoms with van der Waals surface area (Å²) in [5, 5.41) is 3.53. The van der Waals surface area contributed by atoms with E-state index >= 15 is 0 Å². The summed E-state index contributed by atoms with van der Waals surface area (Å²) in [4.78, 5) is 9.29. The summed E-state index contributed by atoms with van der Waals surface area (Å²) >= 11 is 1.89. The minimum Gasteiger partial charge on any atom is -0.307 e. The number of thiophene rings is 1. The number of hydrogen-bond donors (Lipinski definition) is 1. The molecule has 0 amide bonds. The predicted octanol–water partition coefficient (Wildman–Crippen LogP) is 3.66. The van der Waals surface area contributed by atoms with E-state index in [1.807, 2.05) is 29.8 Å². The summed E-state index contributed by atoms with van der Waals surface area (Å²) in [5.74, 6) is 0. The first-order valence-corrected chi connectivity index (χ1v) is 8.14. The van der Waals surface area contributed by atoms with E-state index in [9.17, 15) is 0 Å². The van der Waals surface area contributed by atoms with Crippen LogP contribution in [0.4, 0.5) is 0 Å². The SMILES string of the molecule is CN(Cc1cccnc1)Cc1ccc(CNC(C)(C)C)s1. The Hall–Kier alpha value is -1.23. The molecule has 0 radical (unpaired) electrons. The third-order valence-corrected chi connectivity index (χ3v) is 4.18.